The van der Waals surface area contributed by atoms with E-state index in [0.717, 1.165) is 4.90 Å². The van der Waals surface area contributed by atoms with Crippen molar-refractivity contribution in [1.29, 1.82) is 5.26 Å². The topological polar surface area (TPSA) is 143 Å². The highest BCUT2D eigenvalue weighted by molar-refractivity contribution is 6.36. The van der Waals surface area contributed by atoms with Gasteiger partial charge in [-0.15, -0.1) is 0 Å². The lowest BCUT2D eigenvalue weighted by atomic mass is 10.1. The third-order valence-corrected chi connectivity index (χ3v) is 5.54. The van der Waals surface area contributed by atoms with Crippen LogP contribution in [-0.4, -0.2) is 33.8 Å². The number of anilines is 2. The van der Waals surface area contributed by atoms with Crippen molar-refractivity contribution in [1.82, 2.24) is 4.98 Å². The molecule has 1 aromatic heterocycles. The molecule has 0 bridgehead atoms. The number of amides is 3. The van der Waals surface area contributed by atoms with E-state index in [1.165, 1.54) is 24.3 Å². The summed E-state index contributed by atoms with van der Waals surface area (Å²) in [5.41, 5.74) is 1.34. The number of nitrogens with zero attached hydrogens (tertiary/aromatic N) is 2. The molecule has 4 aromatic rings. The van der Waals surface area contributed by atoms with E-state index in [4.69, 9.17) is 5.26 Å². The summed E-state index contributed by atoms with van der Waals surface area (Å²) in [6.45, 7) is 0. The van der Waals surface area contributed by atoms with Crippen molar-refractivity contribution in [3.63, 3.8) is 0 Å². The predicted octanol–water partition coefficient (Wildman–Crippen LogP) is 3.79. The second-order valence-corrected chi connectivity index (χ2v) is 7.55. The Labute approximate surface area is 191 Å². The summed E-state index contributed by atoms with van der Waals surface area (Å²) >= 11 is 0. The van der Waals surface area contributed by atoms with Gasteiger partial charge in [0, 0.05) is 5.39 Å². The minimum atomic E-state index is -1.29. The lowest BCUT2D eigenvalue weighted by molar-refractivity contribution is 0.0697. The molecule has 0 saturated carbocycles. The molecular formula is C25H14N4O5. The van der Waals surface area contributed by atoms with Crippen LogP contribution in [0, 0.1) is 11.3 Å². The van der Waals surface area contributed by atoms with Crippen molar-refractivity contribution in [2.75, 3.05) is 10.2 Å². The predicted molar refractivity (Wildman–Crippen MR) is 122 cm³/mol. The fourth-order valence-corrected chi connectivity index (χ4v) is 3.95. The van der Waals surface area contributed by atoms with E-state index in [0.29, 0.717) is 27.7 Å². The number of carbonyl (C=O) groups excluding carboxylic acids is 3. The number of hydrogen-bond acceptors (Lipinski definition) is 5. The van der Waals surface area contributed by atoms with Crippen LogP contribution in [0.15, 0.2) is 66.7 Å². The molecule has 164 valence electrons. The van der Waals surface area contributed by atoms with Gasteiger partial charge in [-0.25, -0.2) is 9.69 Å². The number of carboxylic acids is 1. The number of carboxylic acid groups (broad SMARTS) is 1. The summed E-state index contributed by atoms with van der Waals surface area (Å²) in [6.07, 6.45) is 0. The molecule has 0 aliphatic carbocycles. The molecule has 0 atom stereocenters. The maximum atomic E-state index is 12.9. The van der Waals surface area contributed by atoms with Crippen molar-refractivity contribution in [2.24, 2.45) is 0 Å². The van der Waals surface area contributed by atoms with Crippen molar-refractivity contribution >= 4 is 46.0 Å². The van der Waals surface area contributed by atoms with Crippen LogP contribution in [0.4, 0.5) is 11.4 Å². The van der Waals surface area contributed by atoms with Crippen LogP contribution < -0.4 is 10.2 Å². The Morgan fingerprint density at radius 1 is 0.941 bits per heavy atom. The first-order valence-electron chi connectivity index (χ1n) is 10.1. The Morgan fingerprint density at radius 3 is 2.29 bits per heavy atom. The number of aromatic amines is 1. The molecule has 5 rings (SSSR count). The fourth-order valence-electron chi connectivity index (χ4n) is 3.95. The lowest BCUT2D eigenvalue weighted by Crippen LogP contribution is -2.29. The number of fused-ring (bicyclic) bond motifs is 2. The van der Waals surface area contributed by atoms with E-state index in [1.54, 1.807) is 42.5 Å². The number of H-pyrrole nitrogens is 1. The molecule has 0 unspecified atom stereocenters. The Balaban J connectivity index is 1.51. The zero-order valence-corrected chi connectivity index (χ0v) is 17.3. The number of hydrogen-bond donors (Lipinski definition) is 3. The summed E-state index contributed by atoms with van der Waals surface area (Å²) in [5, 5.41) is 21.5. The quantitative estimate of drug-likeness (QED) is 0.404. The minimum absolute atomic E-state index is 0.0238. The van der Waals surface area contributed by atoms with Gasteiger partial charge in [0.25, 0.3) is 17.7 Å². The fraction of sp³-hybridized carbons (Fsp3) is 0. The zero-order chi connectivity index (χ0) is 24.0. The third kappa shape index (κ3) is 3.18. The maximum Gasteiger partial charge on any atom is 0.337 e. The van der Waals surface area contributed by atoms with Crippen LogP contribution >= 0.6 is 0 Å². The summed E-state index contributed by atoms with van der Waals surface area (Å²) < 4.78 is 0. The zero-order valence-electron chi connectivity index (χ0n) is 17.3. The third-order valence-electron chi connectivity index (χ3n) is 5.54. The Bertz CT molecular complexity index is 1560. The standard InChI is InChI=1S/C25H14N4O5/c26-12-13-8-9-18(17(10-13)25(33)34)28-22(30)19-11-14-4-3-7-20(21(14)27-19)29-23(31)15-5-1-2-6-16(15)24(29)32/h1-11,27H,(H,28,30)(H,33,34). The van der Waals surface area contributed by atoms with Crippen LogP contribution in [0.5, 0.6) is 0 Å². The van der Waals surface area contributed by atoms with Gasteiger partial charge in [-0.1, -0.05) is 24.3 Å². The minimum Gasteiger partial charge on any atom is -0.478 e. The summed E-state index contributed by atoms with van der Waals surface area (Å²) in [7, 11) is 0. The van der Waals surface area contributed by atoms with Gasteiger partial charge < -0.3 is 15.4 Å². The number of aromatic carboxylic acids is 1. The van der Waals surface area contributed by atoms with Gasteiger partial charge in [0.15, 0.2) is 0 Å². The van der Waals surface area contributed by atoms with E-state index >= 15 is 0 Å². The molecule has 9 heteroatoms. The first kappa shape index (κ1) is 20.7. The van der Waals surface area contributed by atoms with Gasteiger partial charge in [0.2, 0.25) is 0 Å². The van der Waals surface area contributed by atoms with Crippen LogP contribution in [0.25, 0.3) is 10.9 Å². The molecule has 0 saturated heterocycles. The summed E-state index contributed by atoms with van der Waals surface area (Å²) in [6, 6.07) is 18.8. The maximum absolute atomic E-state index is 12.9. The Kier molecular flexibility index (Phi) is 4.69. The van der Waals surface area contributed by atoms with E-state index in [1.807, 2.05) is 6.07 Å². The largest absolute Gasteiger partial charge is 0.478 e. The van der Waals surface area contributed by atoms with Gasteiger partial charge in [0.05, 0.1) is 45.2 Å². The number of nitriles is 1. The SMILES string of the molecule is N#Cc1ccc(NC(=O)c2cc3cccc(N4C(=O)c5ccccc5C4=O)c3[nH]2)c(C(=O)O)c1. The first-order valence-corrected chi connectivity index (χ1v) is 10.1. The van der Waals surface area contributed by atoms with E-state index < -0.39 is 23.7 Å². The van der Waals surface area contributed by atoms with Crippen molar-refractivity contribution < 1.29 is 24.3 Å². The number of rotatable bonds is 4. The van der Waals surface area contributed by atoms with Crippen molar-refractivity contribution in [2.45, 2.75) is 0 Å². The number of carbonyl (C=O) groups is 4. The Morgan fingerprint density at radius 2 is 1.65 bits per heavy atom. The molecule has 2 heterocycles. The molecule has 0 spiro atoms. The average molecular weight is 450 g/mol. The number of aromatic nitrogens is 1. The molecule has 3 aromatic carbocycles. The van der Waals surface area contributed by atoms with Crippen LogP contribution in [-0.2, 0) is 0 Å². The molecule has 0 radical (unpaired) electrons. The van der Waals surface area contributed by atoms with Gasteiger partial charge in [0.1, 0.15) is 5.69 Å². The number of para-hydroxylation sites is 1. The molecule has 0 fully saturated rings. The molecule has 1 aliphatic rings. The second kappa shape index (κ2) is 7.72. The van der Waals surface area contributed by atoms with Gasteiger partial charge in [-0.05, 0) is 42.5 Å². The number of imide groups is 1. The lowest BCUT2D eigenvalue weighted by Gasteiger charge is -2.15. The molecule has 3 N–H and O–H groups in total. The van der Waals surface area contributed by atoms with Crippen LogP contribution in [0.1, 0.15) is 47.1 Å². The normalized spacial score (nSPS) is 12.5. The van der Waals surface area contributed by atoms with Crippen molar-refractivity contribution in [3.8, 4) is 6.07 Å². The molecule has 1 aliphatic heterocycles. The van der Waals surface area contributed by atoms with Gasteiger partial charge in [-0.3, -0.25) is 14.4 Å². The average Bonchev–Trinajstić information content (AvgIpc) is 3.39. The molecular weight excluding hydrogens is 436 g/mol. The molecule has 9 nitrogen and oxygen atoms in total. The highest BCUT2D eigenvalue weighted by atomic mass is 16.4. The molecule has 3 amide bonds. The van der Waals surface area contributed by atoms with Crippen molar-refractivity contribution in [3.05, 3.63) is 94.7 Å². The summed E-state index contributed by atoms with van der Waals surface area (Å²) in [4.78, 5) is 54.3. The number of benzene rings is 3. The Hall–Kier alpha value is -5.23. The summed E-state index contributed by atoms with van der Waals surface area (Å²) in [5.74, 6) is -2.84. The second-order valence-electron chi connectivity index (χ2n) is 7.55. The smallest absolute Gasteiger partial charge is 0.337 e. The highest BCUT2D eigenvalue weighted by Gasteiger charge is 2.37. The van der Waals surface area contributed by atoms with Crippen LogP contribution in [0.3, 0.4) is 0 Å². The number of nitrogens with one attached hydrogen (secondary N) is 2. The van der Waals surface area contributed by atoms with Crippen LogP contribution in [0.2, 0.25) is 0 Å². The van der Waals surface area contributed by atoms with E-state index in [9.17, 15) is 24.3 Å². The van der Waals surface area contributed by atoms with Gasteiger partial charge >= 0.3 is 5.97 Å². The first-order chi connectivity index (χ1) is 16.4. The monoisotopic (exact) mass is 450 g/mol. The highest BCUT2D eigenvalue weighted by Crippen LogP contribution is 2.33. The molecule has 34 heavy (non-hydrogen) atoms. The van der Waals surface area contributed by atoms with E-state index in [-0.39, 0.29) is 22.5 Å². The van der Waals surface area contributed by atoms with Gasteiger partial charge in [-0.2, -0.15) is 5.26 Å². The van der Waals surface area contributed by atoms with E-state index in [2.05, 4.69) is 10.3 Å².